The van der Waals surface area contributed by atoms with E-state index in [1.807, 2.05) is 58.2 Å². The van der Waals surface area contributed by atoms with Gasteiger partial charge < -0.3 is 4.89 Å². The molecule has 4 rings (SSSR count). The zero-order valence-corrected chi connectivity index (χ0v) is 17.4. The fourth-order valence-electron chi connectivity index (χ4n) is 3.88. The molecule has 6 nitrogen and oxygen atoms in total. The Morgan fingerprint density at radius 2 is 1.89 bits per heavy atom. The molecule has 3 aromatic rings. The summed E-state index contributed by atoms with van der Waals surface area (Å²) in [6.45, 7) is 8.81. The average molecular weight is 388 g/mol. The molecule has 1 fully saturated rings. The molecule has 0 atom stereocenters. The van der Waals surface area contributed by atoms with E-state index in [1.165, 1.54) is 6.42 Å². The quantitative estimate of drug-likeness (QED) is 0.383. The molecule has 1 aliphatic heterocycles. The number of piperidine rings is 1. The summed E-state index contributed by atoms with van der Waals surface area (Å²) in [5.41, 5.74) is 0.832. The predicted molar refractivity (Wildman–Crippen MR) is 106 cm³/mol. The van der Waals surface area contributed by atoms with Gasteiger partial charge in [0.2, 0.25) is 0 Å². The van der Waals surface area contributed by atoms with Crippen LogP contribution < -0.4 is 9.45 Å². The number of hydrogen-bond acceptors (Lipinski definition) is 5. The molecule has 2 aromatic heterocycles. The number of fused-ring (bicyclic) bond motifs is 1. The van der Waals surface area contributed by atoms with Crippen LogP contribution in [0.15, 0.2) is 36.9 Å². The molecule has 0 radical (unpaired) electrons. The molecule has 7 heteroatoms. The number of benzene rings is 1. The molecule has 0 unspecified atom stereocenters. The number of hydroxylamine groups is 2. The first-order chi connectivity index (χ1) is 12.7. The summed E-state index contributed by atoms with van der Waals surface area (Å²) in [4.78, 5) is 16.3. The Kier molecular flexibility index (Phi) is 4.49. The van der Waals surface area contributed by atoms with E-state index >= 15 is 0 Å². The maximum absolute atomic E-state index is 5.85. The molecule has 0 saturated carbocycles. The molecule has 0 spiro atoms. The van der Waals surface area contributed by atoms with Crippen molar-refractivity contribution in [2.24, 2.45) is 7.05 Å². The van der Waals surface area contributed by atoms with Gasteiger partial charge in [0.25, 0.3) is 11.5 Å². The number of aryl methyl sites for hydroxylation is 1. The van der Waals surface area contributed by atoms with Crippen LogP contribution in [0.5, 0.6) is 5.75 Å². The molecule has 1 aromatic carbocycles. The van der Waals surface area contributed by atoms with Gasteiger partial charge in [-0.15, -0.1) is 5.06 Å². The van der Waals surface area contributed by atoms with Crippen LogP contribution in [0.1, 0.15) is 47.0 Å². The molecule has 3 heterocycles. The van der Waals surface area contributed by atoms with Crippen LogP contribution in [0.4, 0.5) is 0 Å². The smallest absolute Gasteiger partial charge is 0.284 e. The largest absolute Gasteiger partial charge is 0.319 e. The summed E-state index contributed by atoms with van der Waals surface area (Å²) in [5, 5.41) is 2.94. The first-order valence-corrected chi connectivity index (χ1v) is 10.2. The van der Waals surface area contributed by atoms with E-state index in [2.05, 4.69) is 27.7 Å². The van der Waals surface area contributed by atoms with Crippen molar-refractivity contribution >= 4 is 21.6 Å². The lowest BCUT2D eigenvalue weighted by Gasteiger charge is -2.49. The summed E-state index contributed by atoms with van der Waals surface area (Å²) in [7, 11) is 2.00. The van der Waals surface area contributed by atoms with Crippen LogP contribution in [0.2, 0.25) is 0 Å². The fourth-order valence-corrected chi connectivity index (χ4v) is 4.82. The van der Waals surface area contributed by atoms with E-state index < -0.39 is 0 Å². The number of nitrogens with zero attached hydrogens (tertiary/aromatic N) is 4. The minimum atomic E-state index is -0.0620. The Hall–Kier alpha value is -1.96. The Bertz CT molecular complexity index is 944. The highest BCUT2D eigenvalue weighted by molar-refractivity contribution is 7.20. The zero-order chi connectivity index (χ0) is 19.2. The lowest BCUT2D eigenvalue weighted by atomic mass is 9.82. The van der Waals surface area contributed by atoms with Crippen molar-refractivity contribution in [3.8, 4) is 10.9 Å². The Balaban J connectivity index is 1.54. The van der Waals surface area contributed by atoms with Crippen molar-refractivity contribution in [1.29, 1.82) is 0 Å². The van der Waals surface area contributed by atoms with Gasteiger partial charge >= 0.3 is 0 Å². The van der Waals surface area contributed by atoms with E-state index in [0.29, 0.717) is 5.75 Å². The van der Waals surface area contributed by atoms with E-state index in [4.69, 9.17) is 14.9 Å². The molecule has 27 heavy (non-hydrogen) atoms. The second-order valence-electron chi connectivity index (χ2n) is 8.54. The maximum Gasteiger partial charge on any atom is 0.284 e. The van der Waals surface area contributed by atoms with E-state index in [-0.39, 0.29) is 11.1 Å². The summed E-state index contributed by atoms with van der Waals surface area (Å²) >= 11 is 1.63. The minimum Gasteiger partial charge on any atom is -0.319 e. The Labute approximate surface area is 163 Å². The SMILES string of the molecule is C[n+]1ccn(-c2nc3ccc(OON4C(C)(C)CCCC4(C)C)cc3s2)c1. The maximum atomic E-state index is 5.85. The molecule has 0 aliphatic carbocycles. The van der Waals surface area contributed by atoms with E-state index in [9.17, 15) is 0 Å². The van der Waals surface area contributed by atoms with Crippen LogP contribution in [-0.4, -0.2) is 25.7 Å². The third kappa shape index (κ3) is 3.59. The van der Waals surface area contributed by atoms with Crippen LogP contribution in [-0.2, 0) is 12.0 Å². The zero-order valence-electron chi connectivity index (χ0n) is 16.6. The summed E-state index contributed by atoms with van der Waals surface area (Å²) in [6.07, 6.45) is 9.37. The number of aromatic nitrogens is 3. The second-order valence-corrected chi connectivity index (χ2v) is 9.55. The third-order valence-corrected chi connectivity index (χ3v) is 6.25. The molecule has 1 saturated heterocycles. The number of imidazole rings is 1. The van der Waals surface area contributed by atoms with Crippen LogP contribution >= 0.6 is 11.3 Å². The fraction of sp³-hybridized carbons (Fsp3) is 0.500. The van der Waals surface area contributed by atoms with Crippen LogP contribution in [0.3, 0.4) is 0 Å². The highest BCUT2D eigenvalue weighted by Crippen LogP contribution is 2.38. The second kappa shape index (κ2) is 6.58. The summed E-state index contributed by atoms with van der Waals surface area (Å²) in [5.74, 6) is 0.688. The molecular weight excluding hydrogens is 360 g/mol. The van der Waals surface area contributed by atoms with Gasteiger partial charge in [-0.25, -0.2) is 4.57 Å². The monoisotopic (exact) mass is 387 g/mol. The van der Waals surface area contributed by atoms with Gasteiger partial charge in [0, 0.05) is 17.1 Å². The molecule has 0 amide bonds. The van der Waals surface area contributed by atoms with Crippen LogP contribution in [0, 0.1) is 0 Å². The molecule has 0 N–H and O–H groups in total. The van der Waals surface area contributed by atoms with Gasteiger partial charge in [-0.05, 0) is 59.1 Å². The van der Waals surface area contributed by atoms with Crippen molar-refractivity contribution in [2.75, 3.05) is 0 Å². The highest BCUT2D eigenvalue weighted by atomic mass is 32.1. The van der Waals surface area contributed by atoms with Gasteiger partial charge in [0.15, 0.2) is 5.75 Å². The topological polar surface area (TPSA) is 43.4 Å². The normalized spacial score (nSPS) is 19.4. The van der Waals surface area contributed by atoms with Crippen molar-refractivity contribution in [2.45, 2.75) is 58.0 Å². The lowest BCUT2D eigenvalue weighted by molar-refractivity contribution is -0.670. The van der Waals surface area contributed by atoms with E-state index in [0.717, 1.165) is 28.2 Å². The van der Waals surface area contributed by atoms with Crippen molar-refractivity contribution in [3.05, 3.63) is 36.9 Å². The standard InChI is InChI=1S/C20H27N4O2S/c1-19(2)9-6-10-20(3,4)24(19)26-25-15-7-8-16-17(13-15)27-18(21-16)23-12-11-22(5)14-23/h7-8,11-14H,6,9-10H2,1-5H3/q+1. The van der Waals surface area contributed by atoms with Crippen molar-refractivity contribution in [3.63, 3.8) is 0 Å². The third-order valence-electron chi connectivity index (χ3n) is 5.22. The molecular formula is C20H27N4O2S+. The number of rotatable bonds is 4. The number of thiazole rings is 1. The first kappa shape index (κ1) is 18.4. The summed E-state index contributed by atoms with van der Waals surface area (Å²) < 4.78 is 5.08. The molecule has 1 aliphatic rings. The van der Waals surface area contributed by atoms with Gasteiger partial charge in [-0.1, -0.05) is 16.3 Å². The highest BCUT2D eigenvalue weighted by Gasteiger charge is 2.43. The van der Waals surface area contributed by atoms with Crippen LogP contribution in [0.25, 0.3) is 15.3 Å². The average Bonchev–Trinajstić information content (AvgIpc) is 3.18. The summed E-state index contributed by atoms with van der Waals surface area (Å²) in [6, 6.07) is 5.87. The van der Waals surface area contributed by atoms with Crippen molar-refractivity contribution < 1.29 is 14.4 Å². The van der Waals surface area contributed by atoms with Gasteiger partial charge in [-0.3, -0.25) is 0 Å². The first-order valence-electron chi connectivity index (χ1n) is 9.34. The Morgan fingerprint density at radius 1 is 1.15 bits per heavy atom. The molecule has 0 bridgehead atoms. The Morgan fingerprint density at radius 3 is 2.56 bits per heavy atom. The predicted octanol–water partition coefficient (Wildman–Crippen LogP) is 4.18. The number of hydrogen-bond donors (Lipinski definition) is 0. The lowest BCUT2D eigenvalue weighted by Crippen LogP contribution is -2.58. The van der Waals surface area contributed by atoms with Gasteiger partial charge in [-0.2, -0.15) is 9.55 Å². The molecule has 144 valence electrons. The minimum absolute atomic E-state index is 0.0620. The van der Waals surface area contributed by atoms with Crippen molar-refractivity contribution in [1.82, 2.24) is 14.6 Å². The van der Waals surface area contributed by atoms with E-state index in [1.54, 1.807) is 11.3 Å². The van der Waals surface area contributed by atoms with Gasteiger partial charge in [0.05, 0.1) is 17.3 Å². The van der Waals surface area contributed by atoms with Gasteiger partial charge in [0.1, 0.15) is 12.4 Å².